The van der Waals surface area contributed by atoms with Crippen LogP contribution in [-0.2, 0) is 13.2 Å². The molecule has 8 nitrogen and oxygen atoms in total. The van der Waals surface area contributed by atoms with Gasteiger partial charge < -0.3 is 14.8 Å². The first-order valence-corrected chi connectivity index (χ1v) is 9.47. The second-order valence-electron chi connectivity index (χ2n) is 7.44. The summed E-state index contributed by atoms with van der Waals surface area (Å²) in [5, 5.41) is 6.63. The maximum Gasteiger partial charge on any atom is 0.449 e. The first-order valence-electron chi connectivity index (χ1n) is 9.47. The molecule has 1 saturated heterocycles. The fourth-order valence-electron chi connectivity index (χ4n) is 4.15. The lowest BCUT2D eigenvalue weighted by atomic mass is 9.89. The third-order valence-electron chi connectivity index (χ3n) is 5.64. The molecular formula is C19H17F3N7O. The molecule has 2 amide bonds. The highest BCUT2D eigenvalue weighted by atomic mass is 19.4. The highest BCUT2D eigenvalue weighted by Crippen LogP contribution is 2.37. The summed E-state index contributed by atoms with van der Waals surface area (Å²) >= 11 is 0. The molecule has 1 N–H and O–H groups in total. The van der Waals surface area contributed by atoms with E-state index in [-0.39, 0.29) is 23.1 Å². The van der Waals surface area contributed by atoms with E-state index in [0.717, 1.165) is 23.0 Å². The lowest BCUT2D eigenvalue weighted by molar-refractivity contribution is -0.146. The number of nitrogens with zero attached hydrogens (tertiary/aromatic N) is 6. The SMILES string of the molecule is Cn1c(C(F)(F)F)nc2c(N3CCC(c4ccc5c(c4)[N]C(=O)N5)CC3)ncnc21. The van der Waals surface area contributed by atoms with Gasteiger partial charge in [0.2, 0.25) is 5.82 Å². The van der Waals surface area contributed by atoms with E-state index in [2.05, 4.69) is 25.6 Å². The number of rotatable bonds is 2. The Morgan fingerprint density at radius 2 is 1.93 bits per heavy atom. The summed E-state index contributed by atoms with van der Waals surface area (Å²) in [5.41, 5.74) is 2.77. The number of hydrogen-bond acceptors (Lipinski definition) is 5. The van der Waals surface area contributed by atoms with Crippen molar-refractivity contribution in [3.63, 3.8) is 0 Å². The molecule has 1 radical (unpaired) electrons. The Balaban J connectivity index is 1.38. The minimum atomic E-state index is -4.56. The van der Waals surface area contributed by atoms with Gasteiger partial charge in [0.25, 0.3) is 0 Å². The maximum atomic E-state index is 13.2. The van der Waals surface area contributed by atoms with E-state index in [9.17, 15) is 18.0 Å². The van der Waals surface area contributed by atoms with Crippen LogP contribution in [0.25, 0.3) is 11.2 Å². The van der Waals surface area contributed by atoms with Crippen molar-refractivity contribution in [1.82, 2.24) is 24.8 Å². The van der Waals surface area contributed by atoms with Crippen LogP contribution in [0.2, 0.25) is 0 Å². The van der Waals surface area contributed by atoms with Gasteiger partial charge in [0.1, 0.15) is 6.33 Å². The van der Waals surface area contributed by atoms with Gasteiger partial charge in [0.05, 0.1) is 11.4 Å². The molecule has 1 fully saturated rings. The average molecular weight is 416 g/mol. The average Bonchev–Trinajstić information content (AvgIpc) is 3.26. The van der Waals surface area contributed by atoms with Crippen molar-refractivity contribution in [1.29, 1.82) is 0 Å². The zero-order valence-corrected chi connectivity index (χ0v) is 15.9. The number of fused-ring (bicyclic) bond motifs is 2. The van der Waals surface area contributed by atoms with Crippen molar-refractivity contribution in [3.05, 3.63) is 35.9 Å². The first-order chi connectivity index (χ1) is 14.3. The van der Waals surface area contributed by atoms with E-state index < -0.39 is 12.0 Å². The third kappa shape index (κ3) is 3.01. The van der Waals surface area contributed by atoms with Gasteiger partial charge in [0.15, 0.2) is 17.0 Å². The van der Waals surface area contributed by atoms with E-state index in [4.69, 9.17) is 0 Å². The predicted molar refractivity (Wildman–Crippen MR) is 103 cm³/mol. The van der Waals surface area contributed by atoms with Crippen LogP contribution in [0.3, 0.4) is 0 Å². The van der Waals surface area contributed by atoms with Crippen LogP contribution in [0.4, 0.5) is 35.2 Å². The van der Waals surface area contributed by atoms with E-state index in [1.807, 2.05) is 23.1 Å². The van der Waals surface area contributed by atoms with Gasteiger partial charge in [0, 0.05) is 20.1 Å². The number of carbonyl (C=O) groups excluding carboxylic acids is 1. The number of piperidine rings is 1. The van der Waals surface area contributed by atoms with Crippen LogP contribution in [0.15, 0.2) is 24.5 Å². The van der Waals surface area contributed by atoms with Crippen molar-refractivity contribution in [3.8, 4) is 0 Å². The number of imidazole rings is 1. The van der Waals surface area contributed by atoms with Gasteiger partial charge >= 0.3 is 12.2 Å². The van der Waals surface area contributed by atoms with Crippen molar-refractivity contribution in [2.45, 2.75) is 24.9 Å². The highest BCUT2D eigenvalue weighted by Gasteiger charge is 2.38. The Morgan fingerprint density at radius 1 is 1.17 bits per heavy atom. The summed E-state index contributed by atoms with van der Waals surface area (Å²) < 4.78 is 40.7. The number of aryl methyl sites for hydroxylation is 1. The van der Waals surface area contributed by atoms with Crippen LogP contribution in [0.1, 0.15) is 30.1 Å². The summed E-state index contributed by atoms with van der Waals surface area (Å²) in [6.07, 6.45) is -1.69. The largest absolute Gasteiger partial charge is 0.449 e. The Bertz CT molecular complexity index is 1150. The van der Waals surface area contributed by atoms with Gasteiger partial charge in [-0.05, 0) is 36.5 Å². The number of aromatic nitrogens is 4. The molecule has 0 aliphatic carbocycles. The number of anilines is 2. The molecule has 0 unspecified atom stereocenters. The number of alkyl halides is 3. The number of amides is 2. The van der Waals surface area contributed by atoms with Crippen molar-refractivity contribution in [2.24, 2.45) is 7.05 Å². The number of halogens is 3. The molecule has 5 rings (SSSR count). The van der Waals surface area contributed by atoms with E-state index >= 15 is 0 Å². The zero-order chi connectivity index (χ0) is 21.0. The zero-order valence-electron chi connectivity index (χ0n) is 15.9. The fourth-order valence-corrected chi connectivity index (χ4v) is 4.15. The van der Waals surface area contributed by atoms with Crippen molar-refractivity contribution in [2.75, 3.05) is 23.3 Å². The minimum absolute atomic E-state index is 0.159. The van der Waals surface area contributed by atoms with Gasteiger partial charge in [-0.3, -0.25) is 0 Å². The van der Waals surface area contributed by atoms with E-state index in [1.54, 1.807) is 0 Å². The summed E-state index contributed by atoms with van der Waals surface area (Å²) in [4.78, 5) is 25.4. The Labute approximate surface area is 169 Å². The topological polar surface area (TPSA) is 90.0 Å². The smallest absolute Gasteiger partial charge is 0.355 e. The van der Waals surface area contributed by atoms with Crippen LogP contribution in [0, 0.1) is 0 Å². The van der Waals surface area contributed by atoms with Crippen LogP contribution in [-0.4, -0.2) is 38.6 Å². The monoisotopic (exact) mass is 416 g/mol. The van der Waals surface area contributed by atoms with Crippen LogP contribution in [0.5, 0.6) is 0 Å². The number of carbonyl (C=O) groups is 1. The molecule has 0 saturated carbocycles. The number of nitrogens with one attached hydrogen (secondary N) is 1. The summed E-state index contributed by atoms with van der Waals surface area (Å²) in [7, 11) is 1.31. The third-order valence-corrected chi connectivity index (χ3v) is 5.64. The molecule has 3 aromatic rings. The van der Waals surface area contributed by atoms with Crippen LogP contribution < -0.4 is 15.5 Å². The predicted octanol–water partition coefficient (Wildman–Crippen LogP) is 3.55. The summed E-state index contributed by atoms with van der Waals surface area (Å²) in [6.45, 7) is 1.25. The second kappa shape index (κ2) is 6.57. The summed E-state index contributed by atoms with van der Waals surface area (Å²) in [6, 6.07) is 5.40. The Morgan fingerprint density at radius 3 is 2.67 bits per heavy atom. The fraction of sp³-hybridized carbons (Fsp3) is 0.368. The molecule has 4 heterocycles. The quantitative estimate of drug-likeness (QED) is 0.690. The number of urea groups is 1. The van der Waals surface area contributed by atoms with Gasteiger partial charge in [-0.15, -0.1) is 0 Å². The molecule has 0 atom stereocenters. The molecule has 30 heavy (non-hydrogen) atoms. The molecule has 0 spiro atoms. The Hall–Kier alpha value is -3.37. The molecule has 155 valence electrons. The normalized spacial score (nSPS) is 17.2. The summed E-state index contributed by atoms with van der Waals surface area (Å²) in [5.74, 6) is -0.299. The molecule has 1 aromatic carbocycles. The van der Waals surface area contributed by atoms with Gasteiger partial charge in [-0.2, -0.15) is 18.5 Å². The first kappa shape index (κ1) is 18.6. The molecular weight excluding hydrogens is 399 g/mol. The number of benzene rings is 1. The van der Waals surface area contributed by atoms with Crippen LogP contribution >= 0.6 is 0 Å². The molecule has 2 aliphatic rings. The molecule has 2 aliphatic heterocycles. The lowest BCUT2D eigenvalue weighted by Crippen LogP contribution is -2.33. The maximum absolute atomic E-state index is 13.2. The molecule has 11 heteroatoms. The molecule has 0 bridgehead atoms. The lowest BCUT2D eigenvalue weighted by Gasteiger charge is -2.33. The van der Waals surface area contributed by atoms with E-state index in [1.165, 1.54) is 13.4 Å². The highest BCUT2D eigenvalue weighted by molar-refractivity contribution is 6.02. The minimum Gasteiger partial charge on any atom is -0.355 e. The van der Waals surface area contributed by atoms with E-state index in [0.29, 0.717) is 30.3 Å². The van der Waals surface area contributed by atoms with Crippen molar-refractivity contribution >= 4 is 34.4 Å². The standard InChI is InChI=1S/C19H17F3N7O/c1-28-15-14(27-17(28)19(20,21)22)16(24-9-23-15)29-6-4-10(5-7-29)11-2-3-12-13(8-11)26-18(30)25-12/h2-3,8-10H,4-7H2,1H3,(H,25,30). The van der Waals surface area contributed by atoms with Gasteiger partial charge in [-0.25, -0.2) is 19.7 Å². The Kier molecular flexibility index (Phi) is 4.09. The number of hydrogen-bond donors (Lipinski definition) is 1. The second-order valence-corrected chi connectivity index (χ2v) is 7.44. The van der Waals surface area contributed by atoms with Gasteiger partial charge in [-0.1, -0.05) is 6.07 Å². The molecule has 2 aromatic heterocycles. The van der Waals surface area contributed by atoms with Crippen molar-refractivity contribution < 1.29 is 18.0 Å².